The fourth-order valence-electron chi connectivity index (χ4n) is 2.53. The number of aryl methyl sites for hydroxylation is 2. The molecule has 0 aliphatic heterocycles. The highest BCUT2D eigenvalue weighted by atomic mass is 14.8. The summed E-state index contributed by atoms with van der Waals surface area (Å²) >= 11 is 0. The lowest BCUT2D eigenvalue weighted by Gasteiger charge is -2.03. The second kappa shape index (κ2) is 9.76. The lowest BCUT2D eigenvalue weighted by molar-refractivity contribution is 0.795. The Labute approximate surface area is 140 Å². The summed E-state index contributed by atoms with van der Waals surface area (Å²) in [6.07, 6.45) is 6.87. The van der Waals surface area contributed by atoms with Crippen molar-refractivity contribution in [1.82, 2.24) is 0 Å². The van der Waals surface area contributed by atoms with Gasteiger partial charge in [-0.05, 0) is 48.9 Å². The van der Waals surface area contributed by atoms with E-state index in [0.29, 0.717) is 0 Å². The second-order valence-corrected chi connectivity index (χ2v) is 5.79. The molecule has 2 rings (SSSR count). The number of rotatable bonds is 8. The minimum Gasteiger partial charge on any atom is -0.187 e. The van der Waals surface area contributed by atoms with Gasteiger partial charge in [-0.2, -0.15) is 9.98 Å². The van der Waals surface area contributed by atoms with Gasteiger partial charge in [0.15, 0.2) is 0 Å². The van der Waals surface area contributed by atoms with E-state index in [-0.39, 0.29) is 0 Å². The fraction of sp³-hybridized carbons (Fsp3) is 0.381. The Kier molecular flexibility index (Phi) is 7.29. The van der Waals surface area contributed by atoms with Crippen molar-refractivity contribution in [2.75, 3.05) is 0 Å². The SMILES string of the molecule is CCCCc1ccccc1N=C=Nc1ccccc1CCCC. The van der Waals surface area contributed by atoms with E-state index in [4.69, 9.17) is 0 Å². The molecule has 0 heterocycles. The molecule has 0 bridgehead atoms. The molecule has 0 spiro atoms. The third-order valence-electron chi connectivity index (χ3n) is 3.92. The Hall–Kier alpha value is -2.18. The largest absolute Gasteiger partial charge is 0.187 e. The third-order valence-corrected chi connectivity index (χ3v) is 3.92. The van der Waals surface area contributed by atoms with Crippen molar-refractivity contribution >= 4 is 17.4 Å². The molecular weight excluding hydrogens is 280 g/mol. The van der Waals surface area contributed by atoms with Gasteiger partial charge in [0.1, 0.15) is 6.01 Å². The van der Waals surface area contributed by atoms with E-state index < -0.39 is 0 Å². The number of nitrogens with zero attached hydrogens (tertiary/aromatic N) is 2. The first-order valence-electron chi connectivity index (χ1n) is 8.67. The van der Waals surface area contributed by atoms with Crippen molar-refractivity contribution < 1.29 is 0 Å². The van der Waals surface area contributed by atoms with Crippen LogP contribution in [-0.4, -0.2) is 6.01 Å². The molecule has 0 aliphatic carbocycles. The number of hydrogen-bond acceptors (Lipinski definition) is 2. The summed E-state index contributed by atoms with van der Waals surface area (Å²) in [5, 5.41) is 0. The minimum atomic E-state index is 0.982. The van der Waals surface area contributed by atoms with Crippen LogP contribution >= 0.6 is 0 Å². The van der Waals surface area contributed by atoms with Crippen molar-refractivity contribution in [2.24, 2.45) is 9.98 Å². The van der Waals surface area contributed by atoms with Crippen LogP contribution in [0.3, 0.4) is 0 Å². The number of unbranched alkanes of at least 4 members (excludes halogenated alkanes) is 2. The van der Waals surface area contributed by atoms with E-state index in [9.17, 15) is 0 Å². The van der Waals surface area contributed by atoms with Crippen LogP contribution in [0.4, 0.5) is 11.4 Å². The smallest absolute Gasteiger partial charge is 0.100 e. The van der Waals surface area contributed by atoms with Gasteiger partial charge in [-0.15, -0.1) is 0 Å². The molecule has 0 amide bonds. The Morgan fingerprint density at radius 1 is 0.696 bits per heavy atom. The zero-order valence-electron chi connectivity index (χ0n) is 14.3. The molecule has 0 radical (unpaired) electrons. The highest BCUT2D eigenvalue weighted by molar-refractivity contribution is 5.61. The summed E-state index contributed by atoms with van der Waals surface area (Å²) < 4.78 is 0. The Morgan fingerprint density at radius 3 is 1.57 bits per heavy atom. The van der Waals surface area contributed by atoms with Gasteiger partial charge >= 0.3 is 0 Å². The molecule has 2 heteroatoms. The Balaban J connectivity index is 2.18. The summed E-state index contributed by atoms with van der Waals surface area (Å²) in [7, 11) is 0. The van der Waals surface area contributed by atoms with Gasteiger partial charge in [-0.3, -0.25) is 0 Å². The first kappa shape index (κ1) is 17.2. The molecule has 2 aromatic carbocycles. The average Bonchev–Trinajstić information content (AvgIpc) is 2.60. The molecule has 0 fully saturated rings. The third kappa shape index (κ3) is 5.50. The molecule has 2 aromatic rings. The van der Waals surface area contributed by atoms with Crippen LogP contribution < -0.4 is 0 Å². The summed E-state index contributed by atoms with van der Waals surface area (Å²) in [5.41, 5.74) is 4.51. The normalized spacial score (nSPS) is 10.2. The van der Waals surface area contributed by atoms with Crippen molar-refractivity contribution in [3.8, 4) is 0 Å². The van der Waals surface area contributed by atoms with Crippen LogP contribution in [0.5, 0.6) is 0 Å². The quantitative estimate of drug-likeness (QED) is 0.497. The second-order valence-electron chi connectivity index (χ2n) is 5.79. The van der Waals surface area contributed by atoms with Crippen molar-refractivity contribution in [2.45, 2.75) is 52.4 Å². The van der Waals surface area contributed by atoms with Gasteiger partial charge in [0.05, 0.1) is 11.4 Å². The van der Waals surface area contributed by atoms with Gasteiger partial charge in [0, 0.05) is 0 Å². The number of benzene rings is 2. The summed E-state index contributed by atoms with van der Waals surface area (Å²) in [5.74, 6) is 0. The highest BCUT2D eigenvalue weighted by Crippen LogP contribution is 2.22. The molecule has 120 valence electrons. The predicted molar refractivity (Wildman–Crippen MR) is 99.3 cm³/mol. The molecule has 0 unspecified atom stereocenters. The monoisotopic (exact) mass is 306 g/mol. The maximum absolute atomic E-state index is 4.46. The van der Waals surface area contributed by atoms with E-state index in [1.807, 2.05) is 24.3 Å². The van der Waals surface area contributed by atoms with Gasteiger partial charge < -0.3 is 0 Å². The average molecular weight is 306 g/mol. The maximum Gasteiger partial charge on any atom is 0.100 e. The summed E-state index contributed by atoms with van der Waals surface area (Å²) in [6.45, 7) is 4.42. The molecule has 2 nitrogen and oxygen atoms in total. The van der Waals surface area contributed by atoms with Crippen LogP contribution in [0.25, 0.3) is 0 Å². The summed E-state index contributed by atoms with van der Waals surface area (Å²) in [6, 6.07) is 19.4. The summed E-state index contributed by atoms with van der Waals surface area (Å²) in [4.78, 5) is 8.92. The molecule has 0 aromatic heterocycles. The molecule has 0 saturated carbocycles. The lowest BCUT2D eigenvalue weighted by Crippen LogP contribution is -1.85. The number of hydrogen-bond donors (Lipinski definition) is 0. The minimum absolute atomic E-state index is 0.982. The van der Waals surface area contributed by atoms with E-state index in [1.165, 1.54) is 36.8 Å². The topological polar surface area (TPSA) is 24.7 Å². The lowest BCUT2D eigenvalue weighted by atomic mass is 10.1. The zero-order valence-corrected chi connectivity index (χ0v) is 14.3. The Morgan fingerprint density at radius 2 is 1.13 bits per heavy atom. The number of para-hydroxylation sites is 2. The van der Waals surface area contributed by atoms with Gasteiger partial charge in [0.25, 0.3) is 0 Å². The molecule has 0 N–H and O–H groups in total. The number of aliphatic imine (C=N–C) groups is 2. The van der Waals surface area contributed by atoms with E-state index >= 15 is 0 Å². The maximum atomic E-state index is 4.46. The van der Waals surface area contributed by atoms with E-state index in [0.717, 1.165) is 24.2 Å². The zero-order chi connectivity index (χ0) is 16.3. The molecule has 0 aliphatic rings. The van der Waals surface area contributed by atoms with E-state index in [2.05, 4.69) is 54.1 Å². The van der Waals surface area contributed by atoms with Crippen molar-refractivity contribution in [1.29, 1.82) is 0 Å². The van der Waals surface area contributed by atoms with Gasteiger partial charge in [0.2, 0.25) is 0 Å². The van der Waals surface area contributed by atoms with Crippen LogP contribution in [0.15, 0.2) is 58.5 Å². The van der Waals surface area contributed by atoms with Crippen LogP contribution in [0, 0.1) is 0 Å². The van der Waals surface area contributed by atoms with Gasteiger partial charge in [-0.25, -0.2) is 0 Å². The predicted octanol–water partition coefficient (Wildman–Crippen LogP) is 6.51. The first-order chi connectivity index (χ1) is 11.3. The molecule has 0 saturated heterocycles. The highest BCUT2D eigenvalue weighted by Gasteiger charge is 2.00. The molecular formula is C21H26N2. The van der Waals surface area contributed by atoms with Crippen LogP contribution in [0.1, 0.15) is 50.7 Å². The standard InChI is InChI=1S/C21H26N2/c1-3-5-11-18-13-7-9-15-20(18)22-17-23-21-16-10-8-14-19(21)12-6-4-2/h7-10,13-16H,3-6,11-12H2,1-2H3. The van der Waals surface area contributed by atoms with Gasteiger partial charge in [-0.1, -0.05) is 63.1 Å². The first-order valence-corrected chi connectivity index (χ1v) is 8.67. The van der Waals surface area contributed by atoms with Crippen LogP contribution in [0.2, 0.25) is 0 Å². The Bertz CT molecular complexity index is 612. The van der Waals surface area contributed by atoms with Crippen molar-refractivity contribution in [3.63, 3.8) is 0 Å². The van der Waals surface area contributed by atoms with Crippen LogP contribution in [-0.2, 0) is 12.8 Å². The fourth-order valence-corrected chi connectivity index (χ4v) is 2.53. The molecule has 0 atom stereocenters. The molecule has 23 heavy (non-hydrogen) atoms. The van der Waals surface area contributed by atoms with Crippen molar-refractivity contribution in [3.05, 3.63) is 59.7 Å². The van der Waals surface area contributed by atoms with E-state index in [1.54, 1.807) is 0 Å².